The third kappa shape index (κ3) is 2.76. The number of amides is 1. The summed E-state index contributed by atoms with van der Waals surface area (Å²) in [6.45, 7) is 1.71. The van der Waals surface area contributed by atoms with Crippen molar-refractivity contribution >= 4 is 21.8 Å². The van der Waals surface area contributed by atoms with Gasteiger partial charge in [0, 0.05) is 17.6 Å². The van der Waals surface area contributed by atoms with Gasteiger partial charge in [-0.05, 0) is 58.8 Å². The fourth-order valence-electron chi connectivity index (χ4n) is 3.62. The molecule has 2 aliphatic rings. The number of hydrogen-bond acceptors (Lipinski definition) is 1. The lowest BCUT2D eigenvalue weighted by Gasteiger charge is -2.41. The zero-order valence-electron chi connectivity index (χ0n) is 11.4. The third-order valence-electron chi connectivity index (χ3n) is 4.74. The number of carbonyl (C=O) groups is 1. The monoisotopic (exact) mass is 339 g/mol. The van der Waals surface area contributed by atoms with Crippen molar-refractivity contribution in [3.05, 3.63) is 34.1 Å². The molecule has 1 aliphatic carbocycles. The first-order valence-electron chi connectivity index (χ1n) is 7.39. The molecule has 2 nitrogen and oxygen atoms in total. The standard InChI is InChI=1S/C16H19BrFNO/c17-15-9-13(18)5-6-14(15)16(20)19-8-7-11-3-1-2-4-12(11)10-19/h5-6,9,11-12H,1-4,7-8,10H2/t11-,12+/m1/s1. The molecule has 108 valence electrons. The van der Waals surface area contributed by atoms with Crippen LogP contribution in [0, 0.1) is 17.7 Å². The van der Waals surface area contributed by atoms with Crippen molar-refractivity contribution in [2.24, 2.45) is 11.8 Å². The summed E-state index contributed by atoms with van der Waals surface area (Å²) in [5.41, 5.74) is 0.570. The minimum Gasteiger partial charge on any atom is -0.338 e. The Hall–Kier alpha value is -0.900. The van der Waals surface area contributed by atoms with Gasteiger partial charge in [-0.1, -0.05) is 19.3 Å². The molecule has 1 aromatic carbocycles. The molecule has 1 saturated carbocycles. The third-order valence-corrected chi connectivity index (χ3v) is 5.40. The molecule has 1 aliphatic heterocycles. The highest BCUT2D eigenvalue weighted by atomic mass is 79.9. The van der Waals surface area contributed by atoms with E-state index < -0.39 is 0 Å². The Kier molecular flexibility index (Phi) is 4.11. The van der Waals surface area contributed by atoms with Gasteiger partial charge in [0.1, 0.15) is 5.82 Å². The summed E-state index contributed by atoms with van der Waals surface area (Å²) in [5.74, 6) is 1.19. The van der Waals surface area contributed by atoms with E-state index >= 15 is 0 Å². The Morgan fingerprint density at radius 1 is 1.20 bits per heavy atom. The number of hydrogen-bond donors (Lipinski definition) is 0. The van der Waals surface area contributed by atoms with Gasteiger partial charge in [-0.2, -0.15) is 0 Å². The number of halogens is 2. The maximum Gasteiger partial charge on any atom is 0.255 e. The zero-order valence-corrected chi connectivity index (χ0v) is 13.0. The lowest BCUT2D eigenvalue weighted by molar-refractivity contribution is 0.0520. The van der Waals surface area contributed by atoms with Gasteiger partial charge >= 0.3 is 0 Å². The van der Waals surface area contributed by atoms with Crippen molar-refractivity contribution in [3.8, 4) is 0 Å². The largest absolute Gasteiger partial charge is 0.338 e. The Labute approximate surface area is 127 Å². The minimum absolute atomic E-state index is 0.0286. The number of carbonyl (C=O) groups excluding carboxylic acids is 1. The van der Waals surface area contributed by atoms with Crippen molar-refractivity contribution < 1.29 is 9.18 Å². The normalized spacial score (nSPS) is 26.2. The number of fused-ring (bicyclic) bond motifs is 1. The summed E-state index contributed by atoms with van der Waals surface area (Å²) < 4.78 is 13.7. The summed E-state index contributed by atoms with van der Waals surface area (Å²) in [6, 6.07) is 4.29. The predicted octanol–water partition coefficient (Wildman–Crippen LogP) is 4.24. The molecule has 0 spiro atoms. The topological polar surface area (TPSA) is 20.3 Å². The van der Waals surface area contributed by atoms with E-state index in [-0.39, 0.29) is 11.7 Å². The van der Waals surface area contributed by atoms with E-state index in [0.29, 0.717) is 16.0 Å². The first kappa shape index (κ1) is 14.1. The summed E-state index contributed by atoms with van der Waals surface area (Å²) in [7, 11) is 0. The quantitative estimate of drug-likeness (QED) is 0.749. The van der Waals surface area contributed by atoms with Gasteiger partial charge in [0.25, 0.3) is 5.91 Å². The molecule has 1 heterocycles. The molecular weight excluding hydrogens is 321 g/mol. The van der Waals surface area contributed by atoms with Crippen LogP contribution < -0.4 is 0 Å². The maximum absolute atomic E-state index is 13.1. The average Bonchev–Trinajstić information content (AvgIpc) is 2.46. The fourth-order valence-corrected chi connectivity index (χ4v) is 4.14. The van der Waals surface area contributed by atoms with Crippen LogP contribution in [0.2, 0.25) is 0 Å². The molecule has 0 aromatic heterocycles. The van der Waals surface area contributed by atoms with Gasteiger partial charge < -0.3 is 4.90 Å². The van der Waals surface area contributed by atoms with E-state index in [1.165, 1.54) is 37.8 Å². The molecule has 1 aromatic rings. The van der Waals surface area contributed by atoms with Gasteiger partial charge in [-0.3, -0.25) is 4.79 Å². The Balaban J connectivity index is 1.74. The van der Waals surface area contributed by atoms with Crippen LogP contribution >= 0.6 is 15.9 Å². The van der Waals surface area contributed by atoms with Crippen LogP contribution in [0.4, 0.5) is 4.39 Å². The maximum atomic E-state index is 13.1. The molecular formula is C16H19BrFNO. The van der Waals surface area contributed by atoms with E-state index in [1.54, 1.807) is 6.07 Å². The minimum atomic E-state index is -0.320. The Morgan fingerprint density at radius 2 is 1.95 bits per heavy atom. The summed E-state index contributed by atoms with van der Waals surface area (Å²) in [6.07, 6.45) is 6.34. The predicted molar refractivity (Wildman–Crippen MR) is 80.1 cm³/mol. The molecule has 1 amide bonds. The molecule has 1 saturated heterocycles. The smallest absolute Gasteiger partial charge is 0.255 e. The molecule has 3 rings (SSSR count). The number of likely N-dealkylation sites (tertiary alicyclic amines) is 1. The lowest BCUT2D eigenvalue weighted by atomic mass is 9.75. The van der Waals surface area contributed by atoms with Gasteiger partial charge in [-0.25, -0.2) is 4.39 Å². The second-order valence-corrected chi connectivity index (χ2v) is 6.82. The van der Waals surface area contributed by atoms with Crippen LogP contribution in [0.25, 0.3) is 0 Å². The van der Waals surface area contributed by atoms with E-state index in [4.69, 9.17) is 0 Å². The van der Waals surface area contributed by atoms with Crippen LogP contribution in [0.1, 0.15) is 42.5 Å². The van der Waals surface area contributed by atoms with Crippen LogP contribution in [0.3, 0.4) is 0 Å². The second-order valence-electron chi connectivity index (χ2n) is 5.97. The number of piperidine rings is 1. The highest BCUT2D eigenvalue weighted by Crippen LogP contribution is 2.36. The molecule has 4 heteroatoms. The fraction of sp³-hybridized carbons (Fsp3) is 0.562. The average molecular weight is 340 g/mol. The van der Waals surface area contributed by atoms with Crippen LogP contribution in [-0.2, 0) is 0 Å². The highest BCUT2D eigenvalue weighted by Gasteiger charge is 2.33. The van der Waals surface area contributed by atoms with E-state index in [2.05, 4.69) is 15.9 Å². The molecule has 0 radical (unpaired) electrons. The van der Waals surface area contributed by atoms with Gasteiger partial charge in [0.2, 0.25) is 0 Å². The van der Waals surface area contributed by atoms with Crippen molar-refractivity contribution in [2.45, 2.75) is 32.1 Å². The van der Waals surface area contributed by atoms with Crippen molar-refractivity contribution in [2.75, 3.05) is 13.1 Å². The molecule has 2 fully saturated rings. The van der Waals surface area contributed by atoms with Gasteiger partial charge in [-0.15, -0.1) is 0 Å². The van der Waals surface area contributed by atoms with E-state index in [9.17, 15) is 9.18 Å². The molecule has 0 bridgehead atoms. The van der Waals surface area contributed by atoms with Gasteiger partial charge in [0.05, 0.1) is 5.56 Å². The Bertz CT molecular complexity index is 519. The molecule has 0 N–H and O–H groups in total. The highest BCUT2D eigenvalue weighted by molar-refractivity contribution is 9.10. The number of nitrogens with zero attached hydrogens (tertiary/aromatic N) is 1. The first-order chi connectivity index (χ1) is 9.65. The zero-order chi connectivity index (χ0) is 14.1. The van der Waals surface area contributed by atoms with Crippen LogP contribution in [0.5, 0.6) is 0 Å². The summed E-state index contributed by atoms with van der Waals surface area (Å²) in [4.78, 5) is 14.5. The number of benzene rings is 1. The van der Waals surface area contributed by atoms with Crippen molar-refractivity contribution in [3.63, 3.8) is 0 Å². The summed E-state index contributed by atoms with van der Waals surface area (Å²) in [5, 5.41) is 0. The summed E-state index contributed by atoms with van der Waals surface area (Å²) >= 11 is 3.30. The Morgan fingerprint density at radius 3 is 2.70 bits per heavy atom. The molecule has 2 atom stereocenters. The second kappa shape index (κ2) is 5.84. The van der Waals surface area contributed by atoms with Crippen LogP contribution in [0.15, 0.2) is 22.7 Å². The number of rotatable bonds is 1. The SMILES string of the molecule is O=C(c1ccc(F)cc1Br)N1CC[C@H]2CCCC[C@H]2C1. The van der Waals surface area contributed by atoms with Crippen LogP contribution in [-0.4, -0.2) is 23.9 Å². The van der Waals surface area contributed by atoms with Gasteiger partial charge in [0.15, 0.2) is 0 Å². The lowest BCUT2D eigenvalue weighted by Crippen LogP contribution is -2.44. The molecule has 0 unspecified atom stereocenters. The van der Waals surface area contributed by atoms with Crippen molar-refractivity contribution in [1.29, 1.82) is 0 Å². The van der Waals surface area contributed by atoms with Crippen molar-refractivity contribution in [1.82, 2.24) is 4.90 Å². The van der Waals surface area contributed by atoms with E-state index in [0.717, 1.165) is 25.4 Å². The van der Waals surface area contributed by atoms with E-state index in [1.807, 2.05) is 4.90 Å². The first-order valence-corrected chi connectivity index (χ1v) is 8.19. The molecule has 20 heavy (non-hydrogen) atoms.